The highest BCUT2D eigenvalue weighted by molar-refractivity contribution is 6.30. The predicted octanol–water partition coefficient (Wildman–Crippen LogP) is 4.05. The first kappa shape index (κ1) is 20.4. The van der Waals surface area contributed by atoms with Crippen molar-refractivity contribution in [3.8, 4) is 11.3 Å². The SMILES string of the molecule is CCN(CC)CCCNC(=O)Cc1c(-c2ccc(Cl)cc2)nc2ccccn12. The Balaban J connectivity index is 1.73. The maximum atomic E-state index is 12.6. The van der Waals surface area contributed by atoms with Gasteiger partial charge < -0.3 is 14.6 Å². The molecule has 0 aliphatic rings. The smallest absolute Gasteiger partial charge is 0.226 e. The fraction of sp³-hybridized carbons (Fsp3) is 0.364. The van der Waals surface area contributed by atoms with Crippen molar-refractivity contribution < 1.29 is 4.79 Å². The summed E-state index contributed by atoms with van der Waals surface area (Å²) in [5.41, 5.74) is 3.49. The number of amides is 1. The largest absolute Gasteiger partial charge is 0.356 e. The molecule has 0 fully saturated rings. The Morgan fingerprint density at radius 2 is 1.89 bits per heavy atom. The maximum absolute atomic E-state index is 12.6. The first-order valence-corrected chi connectivity index (χ1v) is 10.2. The first-order valence-electron chi connectivity index (χ1n) is 9.83. The van der Waals surface area contributed by atoms with Crippen LogP contribution in [-0.4, -0.2) is 46.4 Å². The molecular formula is C22H27ClN4O. The Bertz CT molecular complexity index is 916. The number of nitrogens with zero attached hydrogens (tertiary/aromatic N) is 3. The van der Waals surface area contributed by atoms with E-state index in [9.17, 15) is 4.79 Å². The fourth-order valence-electron chi connectivity index (χ4n) is 3.34. The Labute approximate surface area is 171 Å². The molecule has 0 saturated heterocycles. The third-order valence-electron chi connectivity index (χ3n) is 4.94. The average molecular weight is 399 g/mol. The molecule has 2 heterocycles. The van der Waals surface area contributed by atoms with Crippen LogP contribution in [0.3, 0.4) is 0 Å². The van der Waals surface area contributed by atoms with E-state index in [1.165, 1.54) is 0 Å². The minimum Gasteiger partial charge on any atom is -0.356 e. The summed E-state index contributed by atoms with van der Waals surface area (Å²) < 4.78 is 1.99. The average Bonchev–Trinajstić information content (AvgIpc) is 3.07. The van der Waals surface area contributed by atoms with Crippen LogP contribution in [-0.2, 0) is 11.2 Å². The van der Waals surface area contributed by atoms with Crippen molar-refractivity contribution >= 4 is 23.2 Å². The number of halogens is 1. The highest BCUT2D eigenvalue weighted by Gasteiger charge is 2.16. The van der Waals surface area contributed by atoms with E-state index in [0.717, 1.165) is 48.7 Å². The molecule has 0 bridgehead atoms. The minimum atomic E-state index is 0.0143. The van der Waals surface area contributed by atoms with Crippen LogP contribution in [0.5, 0.6) is 0 Å². The van der Waals surface area contributed by atoms with Gasteiger partial charge in [-0.1, -0.05) is 43.6 Å². The van der Waals surface area contributed by atoms with Crippen molar-refractivity contribution in [3.63, 3.8) is 0 Å². The van der Waals surface area contributed by atoms with Crippen molar-refractivity contribution in [1.82, 2.24) is 19.6 Å². The molecule has 0 spiro atoms. The van der Waals surface area contributed by atoms with Crippen LogP contribution in [0.4, 0.5) is 0 Å². The van der Waals surface area contributed by atoms with E-state index in [0.29, 0.717) is 11.6 Å². The zero-order valence-electron chi connectivity index (χ0n) is 16.5. The molecule has 1 N–H and O–H groups in total. The summed E-state index contributed by atoms with van der Waals surface area (Å²) in [6.45, 7) is 8.07. The van der Waals surface area contributed by atoms with Crippen LogP contribution in [0, 0.1) is 0 Å². The molecule has 0 radical (unpaired) electrons. The molecule has 1 amide bonds. The van der Waals surface area contributed by atoms with Gasteiger partial charge in [-0.15, -0.1) is 0 Å². The van der Waals surface area contributed by atoms with Crippen molar-refractivity contribution in [3.05, 3.63) is 59.4 Å². The quantitative estimate of drug-likeness (QED) is 0.553. The summed E-state index contributed by atoms with van der Waals surface area (Å²) in [5.74, 6) is 0.0143. The first-order chi connectivity index (χ1) is 13.6. The van der Waals surface area contributed by atoms with E-state index in [1.807, 2.05) is 53.1 Å². The zero-order chi connectivity index (χ0) is 19.9. The molecule has 0 saturated carbocycles. The summed E-state index contributed by atoms with van der Waals surface area (Å²) >= 11 is 6.02. The number of hydrogen-bond acceptors (Lipinski definition) is 3. The van der Waals surface area contributed by atoms with E-state index in [2.05, 4.69) is 24.1 Å². The van der Waals surface area contributed by atoms with Crippen LogP contribution in [0.2, 0.25) is 5.02 Å². The summed E-state index contributed by atoms with van der Waals surface area (Å²) in [6.07, 6.45) is 3.18. The van der Waals surface area contributed by atoms with Crippen LogP contribution in [0.25, 0.3) is 16.9 Å². The number of fused-ring (bicyclic) bond motifs is 1. The van der Waals surface area contributed by atoms with E-state index in [1.54, 1.807) is 0 Å². The molecule has 28 heavy (non-hydrogen) atoms. The number of benzene rings is 1. The third kappa shape index (κ3) is 4.91. The molecule has 1 aromatic carbocycles. The van der Waals surface area contributed by atoms with Gasteiger partial charge in [-0.2, -0.15) is 0 Å². The van der Waals surface area contributed by atoms with E-state index in [4.69, 9.17) is 16.6 Å². The Morgan fingerprint density at radius 3 is 2.61 bits per heavy atom. The van der Waals surface area contributed by atoms with Gasteiger partial charge in [-0.3, -0.25) is 4.79 Å². The van der Waals surface area contributed by atoms with Crippen LogP contribution in [0.1, 0.15) is 26.0 Å². The van der Waals surface area contributed by atoms with Crippen molar-refractivity contribution in [2.24, 2.45) is 0 Å². The number of nitrogens with one attached hydrogen (secondary N) is 1. The highest BCUT2D eigenvalue weighted by atomic mass is 35.5. The Kier molecular flexibility index (Phi) is 7.06. The third-order valence-corrected chi connectivity index (χ3v) is 5.19. The number of aromatic nitrogens is 2. The maximum Gasteiger partial charge on any atom is 0.226 e. The Hall–Kier alpha value is -2.37. The van der Waals surface area contributed by atoms with Gasteiger partial charge in [-0.05, 0) is 50.3 Å². The second-order valence-electron chi connectivity index (χ2n) is 6.75. The number of pyridine rings is 1. The molecule has 6 heteroatoms. The zero-order valence-corrected chi connectivity index (χ0v) is 17.2. The molecule has 5 nitrogen and oxygen atoms in total. The monoisotopic (exact) mass is 398 g/mol. The molecule has 2 aromatic heterocycles. The molecule has 0 unspecified atom stereocenters. The Morgan fingerprint density at radius 1 is 1.14 bits per heavy atom. The minimum absolute atomic E-state index is 0.0143. The lowest BCUT2D eigenvalue weighted by Gasteiger charge is -2.17. The normalized spacial score (nSPS) is 11.3. The van der Waals surface area contributed by atoms with Gasteiger partial charge >= 0.3 is 0 Å². The molecule has 0 aliphatic carbocycles. The molecule has 3 rings (SSSR count). The fourth-order valence-corrected chi connectivity index (χ4v) is 3.47. The summed E-state index contributed by atoms with van der Waals surface area (Å²) in [7, 11) is 0. The standard InChI is InChI=1S/C22H27ClN4O/c1-3-26(4-2)14-7-13-24-21(28)16-19-22(17-9-11-18(23)12-10-17)25-20-8-5-6-15-27(19)20/h5-6,8-12,15H,3-4,7,13-14,16H2,1-2H3,(H,24,28). The van der Waals surface area contributed by atoms with Crippen molar-refractivity contribution in [2.45, 2.75) is 26.7 Å². The van der Waals surface area contributed by atoms with Gasteiger partial charge in [0.15, 0.2) is 0 Å². The van der Waals surface area contributed by atoms with Crippen LogP contribution < -0.4 is 5.32 Å². The van der Waals surface area contributed by atoms with E-state index >= 15 is 0 Å². The van der Waals surface area contributed by atoms with E-state index < -0.39 is 0 Å². The molecule has 0 aliphatic heterocycles. The number of rotatable bonds is 9. The molecule has 148 valence electrons. The predicted molar refractivity (Wildman–Crippen MR) is 115 cm³/mol. The number of carbonyl (C=O) groups excluding carboxylic acids is 1. The lowest BCUT2D eigenvalue weighted by atomic mass is 10.1. The van der Waals surface area contributed by atoms with Crippen molar-refractivity contribution in [2.75, 3.05) is 26.2 Å². The van der Waals surface area contributed by atoms with Crippen molar-refractivity contribution in [1.29, 1.82) is 0 Å². The van der Waals surface area contributed by atoms with Gasteiger partial charge in [0.2, 0.25) is 5.91 Å². The van der Waals surface area contributed by atoms with Gasteiger partial charge in [-0.25, -0.2) is 4.98 Å². The summed E-state index contributed by atoms with van der Waals surface area (Å²) in [4.78, 5) is 19.7. The number of hydrogen-bond donors (Lipinski definition) is 1. The van der Waals surface area contributed by atoms with Gasteiger partial charge in [0, 0.05) is 23.3 Å². The molecule has 3 aromatic rings. The molecular weight excluding hydrogens is 372 g/mol. The lowest BCUT2D eigenvalue weighted by Crippen LogP contribution is -2.31. The number of carbonyl (C=O) groups is 1. The van der Waals surface area contributed by atoms with E-state index in [-0.39, 0.29) is 12.3 Å². The second-order valence-corrected chi connectivity index (χ2v) is 7.19. The molecule has 0 atom stereocenters. The van der Waals surface area contributed by atoms with Crippen LogP contribution >= 0.6 is 11.6 Å². The summed E-state index contributed by atoms with van der Waals surface area (Å²) in [5, 5.41) is 3.73. The van der Waals surface area contributed by atoms with Gasteiger partial charge in [0.05, 0.1) is 17.8 Å². The lowest BCUT2D eigenvalue weighted by molar-refractivity contribution is -0.120. The number of imidazole rings is 1. The van der Waals surface area contributed by atoms with Gasteiger partial charge in [0.1, 0.15) is 5.65 Å². The highest BCUT2D eigenvalue weighted by Crippen LogP contribution is 2.26. The second kappa shape index (κ2) is 9.71. The topological polar surface area (TPSA) is 49.6 Å². The van der Waals surface area contributed by atoms with Crippen LogP contribution in [0.15, 0.2) is 48.7 Å². The summed E-state index contributed by atoms with van der Waals surface area (Å²) in [6, 6.07) is 13.4. The van der Waals surface area contributed by atoms with Gasteiger partial charge in [0.25, 0.3) is 0 Å².